The minimum Gasteiger partial charge on any atom is -0.367 e. The van der Waals surface area contributed by atoms with Gasteiger partial charge >= 0.3 is 0 Å². The van der Waals surface area contributed by atoms with Crippen LogP contribution >= 0.6 is 0 Å². The predicted octanol–water partition coefficient (Wildman–Crippen LogP) is 3.39. The van der Waals surface area contributed by atoms with E-state index in [1.54, 1.807) is 11.4 Å². The first-order valence-electron chi connectivity index (χ1n) is 8.82. The third-order valence-corrected chi connectivity index (χ3v) is 5.34. The molecule has 2 aromatic rings. The van der Waals surface area contributed by atoms with Crippen molar-refractivity contribution in [3.63, 3.8) is 0 Å². The van der Waals surface area contributed by atoms with E-state index < -0.39 is 12.1 Å². The van der Waals surface area contributed by atoms with E-state index in [0.717, 1.165) is 10.5 Å². The maximum Gasteiger partial charge on any atom is 0.230 e. The van der Waals surface area contributed by atoms with Crippen molar-refractivity contribution in [3.05, 3.63) is 66.2 Å². The lowest BCUT2D eigenvalue weighted by Gasteiger charge is -2.23. The van der Waals surface area contributed by atoms with Gasteiger partial charge in [-0.2, -0.15) is 0 Å². The number of hydrogen-bond donors (Lipinski definition) is 0. The molecule has 2 heterocycles. The van der Waals surface area contributed by atoms with Gasteiger partial charge in [-0.3, -0.25) is 0 Å². The van der Waals surface area contributed by atoms with E-state index in [4.69, 9.17) is 18.9 Å². The van der Waals surface area contributed by atoms with Crippen LogP contribution in [0.3, 0.4) is 0 Å². The molecule has 0 unspecified atom stereocenters. The van der Waals surface area contributed by atoms with Gasteiger partial charge in [0.1, 0.15) is 12.2 Å². The zero-order valence-corrected chi connectivity index (χ0v) is 15.7. The fourth-order valence-electron chi connectivity index (χ4n) is 3.21. The van der Waals surface area contributed by atoms with Crippen LogP contribution in [-0.4, -0.2) is 35.8 Å². The van der Waals surface area contributed by atoms with Crippen LogP contribution in [0, 0.1) is 0 Å². The second kappa shape index (κ2) is 7.55. The van der Waals surface area contributed by atoms with E-state index in [2.05, 4.69) is 29.6 Å². The molecule has 4 atom stereocenters. The van der Waals surface area contributed by atoms with E-state index in [1.807, 2.05) is 50.2 Å². The van der Waals surface area contributed by atoms with E-state index in [-0.39, 0.29) is 18.3 Å². The first-order valence-corrected chi connectivity index (χ1v) is 9.70. The third kappa shape index (κ3) is 4.03. The standard InChI is InChI=1S/C21H23O4S/c1-21(2)24-19-18(22-13-15-9-5-3-6-10-15)17(23-20(19)25-21)14-26-16-11-7-4-8-12-16/h3-12,14,17-20H,13H2,1-2H3/q+1/t17-,18+,19-,20-/m1/s1. The molecule has 26 heavy (non-hydrogen) atoms. The van der Waals surface area contributed by atoms with Crippen molar-refractivity contribution in [2.75, 3.05) is 0 Å². The summed E-state index contributed by atoms with van der Waals surface area (Å²) in [4.78, 5) is 1.16. The van der Waals surface area contributed by atoms with Crippen LogP contribution in [-0.2, 0) is 36.9 Å². The van der Waals surface area contributed by atoms with Crippen LogP contribution in [0.15, 0.2) is 65.6 Å². The molecule has 0 aromatic heterocycles. The Bertz CT molecular complexity index is 747. The van der Waals surface area contributed by atoms with E-state index in [9.17, 15) is 0 Å². The van der Waals surface area contributed by atoms with E-state index >= 15 is 0 Å². The Balaban J connectivity index is 1.49. The molecule has 5 heteroatoms. The maximum atomic E-state index is 6.22. The Hall–Kier alpha value is -1.63. The minimum atomic E-state index is -0.652. The highest BCUT2D eigenvalue weighted by molar-refractivity contribution is 7.77. The van der Waals surface area contributed by atoms with Gasteiger partial charge in [-0.25, -0.2) is 0 Å². The Kier molecular flexibility index (Phi) is 5.16. The molecule has 136 valence electrons. The highest BCUT2D eigenvalue weighted by Crippen LogP contribution is 2.38. The smallest absolute Gasteiger partial charge is 0.230 e. The van der Waals surface area contributed by atoms with Crippen molar-refractivity contribution in [2.24, 2.45) is 0 Å². The number of hydrogen-bond acceptors (Lipinski definition) is 4. The molecule has 0 bridgehead atoms. The molecule has 0 aliphatic carbocycles. The monoisotopic (exact) mass is 371 g/mol. The molecule has 2 fully saturated rings. The van der Waals surface area contributed by atoms with Crippen LogP contribution in [0.25, 0.3) is 0 Å². The molecule has 2 aliphatic rings. The predicted molar refractivity (Wildman–Crippen MR) is 102 cm³/mol. The SMILES string of the molecule is CC1(C)O[C@H]2O[C@H](C=[S+]c3ccccc3)[C@H](OCc3ccccc3)[C@H]2O1. The molecule has 0 saturated carbocycles. The van der Waals surface area contributed by atoms with Crippen molar-refractivity contribution < 1.29 is 18.9 Å². The molecule has 4 nitrogen and oxygen atoms in total. The molecule has 2 aliphatic heterocycles. The maximum absolute atomic E-state index is 6.22. The van der Waals surface area contributed by atoms with Gasteiger partial charge in [0.2, 0.25) is 21.6 Å². The Morgan fingerprint density at radius 3 is 2.42 bits per heavy atom. The van der Waals surface area contributed by atoms with Crippen LogP contribution in [0.4, 0.5) is 0 Å². The van der Waals surface area contributed by atoms with Crippen molar-refractivity contribution in [2.45, 2.75) is 55.7 Å². The summed E-state index contributed by atoms with van der Waals surface area (Å²) in [7, 11) is 0. The highest BCUT2D eigenvalue weighted by Gasteiger charge is 2.56. The summed E-state index contributed by atoms with van der Waals surface area (Å²) in [5, 5.41) is 2.07. The normalized spacial score (nSPS) is 29.9. The topological polar surface area (TPSA) is 36.9 Å². The molecule has 0 N–H and O–H groups in total. The van der Waals surface area contributed by atoms with Crippen LogP contribution in [0.2, 0.25) is 0 Å². The summed E-state index contributed by atoms with van der Waals surface area (Å²) < 4.78 is 24.3. The fraction of sp³-hybridized carbons (Fsp3) is 0.381. The Morgan fingerprint density at radius 2 is 1.69 bits per heavy atom. The lowest BCUT2D eigenvalue weighted by atomic mass is 10.1. The van der Waals surface area contributed by atoms with Gasteiger partial charge in [0.15, 0.2) is 18.2 Å². The number of ether oxygens (including phenoxy) is 4. The second-order valence-electron chi connectivity index (χ2n) is 6.90. The molecule has 2 saturated heterocycles. The third-order valence-electron chi connectivity index (χ3n) is 4.39. The quantitative estimate of drug-likeness (QED) is 0.596. The zero-order valence-electron chi connectivity index (χ0n) is 14.9. The van der Waals surface area contributed by atoms with Gasteiger partial charge in [0, 0.05) is 12.1 Å². The lowest BCUT2D eigenvalue weighted by molar-refractivity contribution is -0.210. The van der Waals surface area contributed by atoms with Gasteiger partial charge in [-0.15, -0.1) is 0 Å². The van der Waals surface area contributed by atoms with Crippen LogP contribution < -0.4 is 0 Å². The molecule has 4 rings (SSSR count). The summed E-state index contributed by atoms with van der Waals surface area (Å²) in [6.07, 6.45) is -1.04. The molecule has 0 amide bonds. The lowest BCUT2D eigenvalue weighted by Crippen LogP contribution is -2.37. The zero-order chi connectivity index (χ0) is 18.0. The Morgan fingerprint density at radius 1 is 1.00 bits per heavy atom. The largest absolute Gasteiger partial charge is 0.367 e. The first kappa shape index (κ1) is 17.8. The fourth-order valence-corrected chi connectivity index (χ4v) is 4.04. The van der Waals surface area contributed by atoms with Crippen molar-refractivity contribution in [1.29, 1.82) is 0 Å². The molecule has 0 radical (unpaired) electrons. The summed E-state index contributed by atoms with van der Waals surface area (Å²) in [5.41, 5.74) is 1.13. The van der Waals surface area contributed by atoms with E-state index in [1.165, 1.54) is 0 Å². The van der Waals surface area contributed by atoms with Gasteiger partial charge in [-0.05, 0) is 19.4 Å². The Labute approximate surface area is 158 Å². The van der Waals surface area contributed by atoms with Gasteiger partial charge < -0.3 is 18.9 Å². The first-order chi connectivity index (χ1) is 12.6. The number of benzene rings is 2. The summed E-state index contributed by atoms with van der Waals surface area (Å²) in [5.74, 6) is -0.652. The molecule has 2 aromatic carbocycles. The molecular weight excluding hydrogens is 348 g/mol. The number of rotatable bonds is 5. The van der Waals surface area contributed by atoms with Crippen LogP contribution in [0.5, 0.6) is 0 Å². The average molecular weight is 371 g/mol. The summed E-state index contributed by atoms with van der Waals surface area (Å²) >= 11 is 1.64. The van der Waals surface area contributed by atoms with Crippen molar-refractivity contribution in [3.8, 4) is 0 Å². The minimum absolute atomic E-state index is 0.199. The van der Waals surface area contributed by atoms with Crippen molar-refractivity contribution >= 4 is 16.7 Å². The number of fused-ring (bicyclic) bond motifs is 1. The van der Waals surface area contributed by atoms with E-state index in [0.29, 0.717) is 6.61 Å². The van der Waals surface area contributed by atoms with Gasteiger partial charge in [0.25, 0.3) is 0 Å². The second-order valence-corrected chi connectivity index (χ2v) is 7.88. The van der Waals surface area contributed by atoms with Gasteiger partial charge in [0.05, 0.1) is 6.61 Å². The van der Waals surface area contributed by atoms with Crippen LogP contribution in [0.1, 0.15) is 19.4 Å². The van der Waals surface area contributed by atoms with Gasteiger partial charge in [-0.1, -0.05) is 48.5 Å². The molecule has 0 spiro atoms. The summed E-state index contributed by atoms with van der Waals surface area (Å²) in [6, 6.07) is 20.4. The molecular formula is C21H23O4S+. The van der Waals surface area contributed by atoms with Crippen molar-refractivity contribution in [1.82, 2.24) is 0 Å². The average Bonchev–Trinajstić information content (AvgIpc) is 3.11. The summed E-state index contributed by atoms with van der Waals surface area (Å²) in [6.45, 7) is 4.32. The highest BCUT2D eigenvalue weighted by atomic mass is 32.1.